The van der Waals surface area contributed by atoms with Crippen LogP contribution in [0.5, 0.6) is 0 Å². The Bertz CT molecular complexity index is 479. The molecule has 1 aliphatic heterocycles. The quantitative estimate of drug-likeness (QED) is 0.855. The molecule has 20 heavy (non-hydrogen) atoms. The van der Waals surface area contributed by atoms with Crippen molar-refractivity contribution in [2.75, 3.05) is 26.2 Å². The molecule has 0 spiro atoms. The van der Waals surface area contributed by atoms with Crippen LogP contribution in [-0.2, 0) is 11.3 Å². The number of halogens is 1. The van der Waals surface area contributed by atoms with Gasteiger partial charge in [0.25, 0.3) is 0 Å². The summed E-state index contributed by atoms with van der Waals surface area (Å²) in [6.45, 7) is 4.50. The van der Waals surface area contributed by atoms with E-state index >= 15 is 0 Å². The fraction of sp³-hybridized carbons (Fsp3) is 0.562. The third kappa shape index (κ3) is 2.99. The first kappa shape index (κ1) is 13.9. The molecule has 1 aromatic rings. The van der Waals surface area contributed by atoms with Crippen molar-refractivity contribution in [3.05, 3.63) is 34.9 Å². The Morgan fingerprint density at radius 3 is 2.45 bits per heavy atom. The number of benzene rings is 1. The Labute approximate surface area is 125 Å². The Hall–Kier alpha value is -1.06. The first-order valence-electron chi connectivity index (χ1n) is 7.48. The van der Waals surface area contributed by atoms with Crippen molar-refractivity contribution >= 4 is 17.5 Å². The van der Waals surface area contributed by atoms with E-state index in [1.165, 1.54) is 12.0 Å². The molecule has 0 N–H and O–H groups in total. The number of hydrogen-bond donors (Lipinski definition) is 0. The number of piperazine rings is 1. The van der Waals surface area contributed by atoms with Crippen molar-refractivity contribution in [2.45, 2.75) is 25.8 Å². The van der Waals surface area contributed by atoms with Gasteiger partial charge >= 0.3 is 0 Å². The second kappa shape index (κ2) is 6.15. The zero-order chi connectivity index (χ0) is 13.9. The van der Waals surface area contributed by atoms with Gasteiger partial charge in [-0.15, -0.1) is 0 Å². The number of amides is 1. The summed E-state index contributed by atoms with van der Waals surface area (Å²) in [6, 6.07) is 8.00. The van der Waals surface area contributed by atoms with E-state index in [4.69, 9.17) is 11.6 Å². The summed E-state index contributed by atoms with van der Waals surface area (Å²) in [4.78, 5) is 16.6. The molecule has 1 aliphatic carbocycles. The minimum atomic E-state index is 0.324. The summed E-state index contributed by atoms with van der Waals surface area (Å²) in [5.74, 6) is 0.707. The Kier molecular flexibility index (Phi) is 4.27. The van der Waals surface area contributed by atoms with Crippen LogP contribution in [0.15, 0.2) is 24.3 Å². The fourth-order valence-electron chi connectivity index (χ4n) is 2.91. The van der Waals surface area contributed by atoms with E-state index in [9.17, 15) is 4.79 Å². The molecular weight excluding hydrogens is 272 g/mol. The van der Waals surface area contributed by atoms with Crippen molar-refractivity contribution in [1.29, 1.82) is 0 Å². The largest absolute Gasteiger partial charge is 0.340 e. The molecule has 0 radical (unpaired) electrons. The molecule has 4 heteroatoms. The topological polar surface area (TPSA) is 23.6 Å². The maximum atomic E-state index is 12.2. The van der Waals surface area contributed by atoms with Gasteiger partial charge in [0.2, 0.25) is 5.91 Å². The summed E-state index contributed by atoms with van der Waals surface area (Å²) >= 11 is 6.20. The normalized spacial score (nSPS) is 20.8. The van der Waals surface area contributed by atoms with E-state index in [0.717, 1.165) is 50.6 Å². The van der Waals surface area contributed by atoms with E-state index in [-0.39, 0.29) is 0 Å². The van der Waals surface area contributed by atoms with Crippen LogP contribution < -0.4 is 0 Å². The maximum Gasteiger partial charge on any atom is 0.225 e. The minimum Gasteiger partial charge on any atom is -0.340 e. The fourth-order valence-corrected chi connectivity index (χ4v) is 3.10. The molecule has 0 unspecified atom stereocenters. The van der Waals surface area contributed by atoms with Crippen molar-refractivity contribution in [3.63, 3.8) is 0 Å². The Morgan fingerprint density at radius 1 is 1.15 bits per heavy atom. The number of hydrogen-bond acceptors (Lipinski definition) is 2. The van der Waals surface area contributed by atoms with Gasteiger partial charge in [0.1, 0.15) is 0 Å². The molecule has 3 rings (SSSR count). The number of nitrogens with zero attached hydrogens (tertiary/aromatic N) is 2. The first-order chi connectivity index (χ1) is 9.74. The molecule has 1 heterocycles. The predicted molar refractivity (Wildman–Crippen MR) is 80.7 cm³/mol. The number of carbonyl (C=O) groups excluding carboxylic acids is 1. The molecule has 0 bridgehead atoms. The highest BCUT2D eigenvalue weighted by atomic mass is 35.5. The lowest BCUT2D eigenvalue weighted by atomic mass is 9.84. The summed E-state index contributed by atoms with van der Waals surface area (Å²) in [6.07, 6.45) is 3.42. The first-order valence-corrected chi connectivity index (χ1v) is 7.86. The molecular formula is C16H21ClN2O. The second-order valence-electron chi connectivity index (χ2n) is 5.82. The molecule has 1 amide bonds. The summed E-state index contributed by atoms with van der Waals surface area (Å²) in [5, 5.41) is 0.834. The van der Waals surface area contributed by atoms with Crippen LogP contribution in [-0.4, -0.2) is 41.9 Å². The Balaban J connectivity index is 1.51. The van der Waals surface area contributed by atoms with Gasteiger partial charge in [0, 0.05) is 43.7 Å². The van der Waals surface area contributed by atoms with Crippen molar-refractivity contribution in [1.82, 2.24) is 9.80 Å². The van der Waals surface area contributed by atoms with Crippen molar-refractivity contribution in [3.8, 4) is 0 Å². The van der Waals surface area contributed by atoms with Crippen molar-refractivity contribution < 1.29 is 4.79 Å². The molecule has 0 atom stereocenters. The monoisotopic (exact) mass is 292 g/mol. The van der Waals surface area contributed by atoms with E-state index in [0.29, 0.717) is 11.8 Å². The van der Waals surface area contributed by atoms with Crippen LogP contribution >= 0.6 is 11.6 Å². The van der Waals surface area contributed by atoms with Crippen molar-refractivity contribution in [2.24, 2.45) is 5.92 Å². The molecule has 1 saturated heterocycles. The van der Waals surface area contributed by atoms with E-state index in [1.807, 2.05) is 23.1 Å². The smallest absolute Gasteiger partial charge is 0.225 e. The maximum absolute atomic E-state index is 12.2. The number of carbonyl (C=O) groups is 1. The van der Waals surface area contributed by atoms with Gasteiger partial charge in [-0.2, -0.15) is 0 Å². The van der Waals surface area contributed by atoms with Crippen LogP contribution in [0, 0.1) is 5.92 Å². The second-order valence-corrected chi connectivity index (χ2v) is 6.23. The van der Waals surface area contributed by atoms with Gasteiger partial charge in [-0.25, -0.2) is 0 Å². The molecule has 2 aliphatic rings. The molecule has 1 saturated carbocycles. The van der Waals surface area contributed by atoms with Gasteiger partial charge in [0.15, 0.2) is 0 Å². The standard InChI is InChI=1S/C16H21ClN2O/c17-15-7-2-1-4-14(15)12-18-8-10-19(11-9-18)16(20)13-5-3-6-13/h1-2,4,7,13H,3,5-6,8-12H2. The van der Waals surface area contributed by atoms with Gasteiger partial charge in [0.05, 0.1) is 0 Å². The van der Waals surface area contributed by atoms with Crippen LogP contribution in [0.4, 0.5) is 0 Å². The lowest BCUT2D eigenvalue weighted by Crippen LogP contribution is -2.50. The van der Waals surface area contributed by atoms with E-state index < -0.39 is 0 Å². The van der Waals surface area contributed by atoms with Crippen LogP contribution in [0.2, 0.25) is 5.02 Å². The average molecular weight is 293 g/mol. The summed E-state index contributed by atoms with van der Waals surface area (Å²) in [7, 11) is 0. The molecule has 3 nitrogen and oxygen atoms in total. The Morgan fingerprint density at radius 2 is 1.85 bits per heavy atom. The molecule has 0 aromatic heterocycles. The van der Waals surface area contributed by atoms with Crippen LogP contribution in [0.3, 0.4) is 0 Å². The lowest BCUT2D eigenvalue weighted by Gasteiger charge is -2.38. The highest BCUT2D eigenvalue weighted by Crippen LogP contribution is 2.28. The SMILES string of the molecule is O=C(C1CCC1)N1CCN(Cc2ccccc2Cl)CC1. The van der Waals surface area contributed by atoms with Gasteiger partial charge < -0.3 is 4.90 Å². The molecule has 2 fully saturated rings. The minimum absolute atomic E-state index is 0.324. The van der Waals surface area contributed by atoms with Crippen LogP contribution in [0.1, 0.15) is 24.8 Å². The predicted octanol–water partition coefficient (Wildman–Crippen LogP) is 2.78. The van der Waals surface area contributed by atoms with Gasteiger partial charge in [-0.3, -0.25) is 9.69 Å². The third-order valence-corrected chi connectivity index (χ3v) is 4.86. The van der Waals surface area contributed by atoms with Crippen LogP contribution in [0.25, 0.3) is 0 Å². The number of rotatable bonds is 3. The van der Waals surface area contributed by atoms with Gasteiger partial charge in [-0.05, 0) is 24.5 Å². The van der Waals surface area contributed by atoms with E-state index in [1.54, 1.807) is 0 Å². The average Bonchev–Trinajstić information content (AvgIpc) is 2.40. The molecule has 1 aromatic carbocycles. The zero-order valence-corrected chi connectivity index (χ0v) is 12.5. The molecule has 108 valence electrons. The summed E-state index contributed by atoms with van der Waals surface area (Å²) in [5.41, 5.74) is 1.17. The highest BCUT2D eigenvalue weighted by Gasteiger charge is 2.31. The highest BCUT2D eigenvalue weighted by molar-refractivity contribution is 6.31. The van der Waals surface area contributed by atoms with E-state index in [2.05, 4.69) is 11.0 Å². The lowest BCUT2D eigenvalue weighted by molar-refractivity contribution is -0.140. The summed E-state index contributed by atoms with van der Waals surface area (Å²) < 4.78 is 0. The van der Waals surface area contributed by atoms with Gasteiger partial charge in [-0.1, -0.05) is 36.2 Å². The zero-order valence-electron chi connectivity index (χ0n) is 11.7. The third-order valence-electron chi connectivity index (χ3n) is 4.49.